The number of rotatable bonds is 6. The van der Waals surface area contributed by atoms with Crippen molar-refractivity contribution in [2.45, 2.75) is 0 Å². The van der Waals surface area contributed by atoms with Crippen molar-refractivity contribution in [1.29, 1.82) is 0 Å². The largest absolute Gasteiger partial charge is 0.376 e. The Balaban J connectivity index is 1.85. The SMILES string of the molecule is C#C/C(=N\NC)c1[nH]nc2ncnc(Nc3cc(-c4ccsc4)ccc3N(C)C)c12. The zero-order valence-electron chi connectivity index (χ0n) is 16.8. The number of hydrogen-bond acceptors (Lipinski definition) is 8. The van der Waals surface area contributed by atoms with Gasteiger partial charge in [-0.1, -0.05) is 6.07 Å². The van der Waals surface area contributed by atoms with Crippen molar-refractivity contribution in [3.63, 3.8) is 0 Å². The van der Waals surface area contributed by atoms with Crippen LogP contribution in [0.25, 0.3) is 22.2 Å². The summed E-state index contributed by atoms with van der Waals surface area (Å²) in [6.45, 7) is 0. The highest BCUT2D eigenvalue weighted by Gasteiger charge is 2.18. The predicted octanol–water partition coefficient (Wildman–Crippen LogP) is 3.45. The van der Waals surface area contributed by atoms with Crippen LogP contribution in [0.15, 0.2) is 46.5 Å². The lowest BCUT2D eigenvalue weighted by Gasteiger charge is -2.19. The molecule has 1 aromatic carbocycles. The summed E-state index contributed by atoms with van der Waals surface area (Å²) in [6, 6.07) is 8.40. The van der Waals surface area contributed by atoms with Gasteiger partial charge in [-0.15, -0.1) is 6.42 Å². The third-order valence-corrected chi connectivity index (χ3v) is 5.22. The highest BCUT2D eigenvalue weighted by molar-refractivity contribution is 7.08. The second-order valence-corrected chi connectivity index (χ2v) is 7.39. The van der Waals surface area contributed by atoms with Crippen LogP contribution in [-0.4, -0.2) is 47.0 Å². The number of thiophene rings is 1. The van der Waals surface area contributed by atoms with E-state index in [-0.39, 0.29) is 0 Å². The Morgan fingerprint density at radius 2 is 2.10 bits per heavy atom. The van der Waals surface area contributed by atoms with Crippen molar-refractivity contribution in [3.8, 4) is 23.5 Å². The molecule has 0 radical (unpaired) electrons. The van der Waals surface area contributed by atoms with E-state index in [1.807, 2.05) is 19.0 Å². The Hall–Kier alpha value is -3.90. The summed E-state index contributed by atoms with van der Waals surface area (Å²) in [5.74, 6) is 3.16. The van der Waals surface area contributed by atoms with Gasteiger partial charge in [-0.2, -0.15) is 21.5 Å². The molecule has 3 N–H and O–H groups in total. The summed E-state index contributed by atoms with van der Waals surface area (Å²) in [4.78, 5) is 10.8. The number of H-pyrrole nitrogens is 1. The number of nitrogens with one attached hydrogen (secondary N) is 3. The first-order valence-corrected chi connectivity index (χ1v) is 10.1. The van der Waals surface area contributed by atoms with Crippen molar-refractivity contribution in [3.05, 3.63) is 47.0 Å². The third-order valence-electron chi connectivity index (χ3n) is 4.53. The molecule has 0 aliphatic heterocycles. The Kier molecular flexibility index (Phi) is 5.32. The van der Waals surface area contributed by atoms with E-state index >= 15 is 0 Å². The first-order chi connectivity index (χ1) is 14.6. The van der Waals surface area contributed by atoms with Gasteiger partial charge in [-0.3, -0.25) is 5.10 Å². The summed E-state index contributed by atoms with van der Waals surface area (Å²) in [6.07, 6.45) is 7.12. The van der Waals surface area contributed by atoms with E-state index in [4.69, 9.17) is 6.42 Å². The van der Waals surface area contributed by atoms with Gasteiger partial charge in [0.2, 0.25) is 0 Å². The minimum absolute atomic E-state index is 0.387. The van der Waals surface area contributed by atoms with Crippen molar-refractivity contribution in [2.75, 3.05) is 31.4 Å². The molecule has 0 saturated carbocycles. The summed E-state index contributed by atoms with van der Waals surface area (Å²) in [7, 11) is 5.68. The highest BCUT2D eigenvalue weighted by Crippen LogP contribution is 2.34. The maximum Gasteiger partial charge on any atom is 0.186 e. The van der Waals surface area contributed by atoms with Crippen molar-refractivity contribution in [1.82, 2.24) is 25.6 Å². The van der Waals surface area contributed by atoms with Gasteiger partial charge in [-0.05, 0) is 46.0 Å². The molecule has 0 aliphatic rings. The van der Waals surface area contributed by atoms with Crippen LogP contribution in [0.3, 0.4) is 0 Å². The fourth-order valence-electron chi connectivity index (χ4n) is 3.16. The molecule has 0 fully saturated rings. The number of benzene rings is 1. The quantitative estimate of drug-likeness (QED) is 0.253. The molecule has 0 unspecified atom stereocenters. The topological polar surface area (TPSA) is 94.1 Å². The number of fused-ring (bicyclic) bond motifs is 1. The lowest BCUT2D eigenvalue weighted by molar-refractivity contribution is 0.901. The Morgan fingerprint density at radius 1 is 1.23 bits per heavy atom. The number of aromatic amines is 1. The molecule has 4 aromatic rings. The Morgan fingerprint density at radius 3 is 2.80 bits per heavy atom. The first-order valence-electron chi connectivity index (χ1n) is 9.13. The second-order valence-electron chi connectivity index (χ2n) is 6.61. The van der Waals surface area contributed by atoms with Crippen LogP contribution < -0.4 is 15.6 Å². The van der Waals surface area contributed by atoms with Gasteiger partial charge in [0.1, 0.15) is 17.8 Å². The molecule has 0 bridgehead atoms. The summed E-state index contributed by atoms with van der Waals surface area (Å²) in [5.41, 5.74) is 8.39. The van der Waals surface area contributed by atoms with Gasteiger partial charge in [0.25, 0.3) is 0 Å². The van der Waals surface area contributed by atoms with Gasteiger partial charge in [0, 0.05) is 21.1 Å². The Labute approximate surface area is 178 Å². The number of anilines is 3. The molecule has 8 nitrogen and oxygen atoms in total. The normalized spacial score (nSPS) is 11.3. The maximum absolute atomic E-state index is 5.65. The van der Waals surface area contributed by atoms with E-state index in [2.05, 4.69) is 77.0 Å². The second kappa shape index (κ2) is 8.23. The van der Waals surface area contributed by atoms with E-state index in [1.54, 1.807) is 18.4 Å². The van der Waals surface area contributed by atoms with Crippen LogP contribution >= 0.6 is 11.3 Å². The molecule has 3 aromatic heterocycles. The summed E-state index contributed by atoms with van der Waals surface area (Å²) in [5, 5.41) is 19.7. The zero-order chi connectivity index (χ0) is 21.1. The summed E-state index contributed by atoms with van der Waals surface area (Å²) >= 11 is 1.67. The van der Waals surface area contributed by atoms with Gasteiger partial charge in [0.05, 0.1) is 16.8 Å². The van der Waals surface area contributed by atoms with Crippen molar-refractivity contribution >= 4 is 45.3 Å². The molecule has 150 valence electrons. The molecule has 3 heterocycles. The number of terminal acetylenes is 1. The zero-order valence-corrected chi connectivity index (χ0v) is 17.6. The predicted molar refractivity (Wildman–Crippen MR) is 123 cm³/mol. The van der Waals surface area contributed by atoms with Crippen LogP contribution in [0.4, 0.5) is 17.2 Å². The van der Waals surface area contributed by atoms with Crippen LogP contribution in [0, 0.1) is 12.3 Å². The van der Waals surface area contributed by atoms with Crippen LogP contribution in [0.1, 0.15) is 5.69 Å². The molecule has 0 saturated heterocycles. The van der Waals surface area contributed by atoms with E-state index in [9.17, 15) is 0 Å². The molecule has 4 rings (SSSR count). The molecular weight excluding hydrogens is 396 g/mol. The lowest BCUT2D eigenvalue weighted by atomic mass is 10.1. The molecule has 9 heteroatoms. The van der Waals surface area contributed by atoms with E-state index in [1.165, 1.54) is 11.9 Å². The summed E-state index contributed by atoms with van der Waals surface area (Å²) < 4.78 is 0. The molecule has 0 aliphatic carbocycles. The Bertz CT molecular complexity index is 1250. The standard InChI is InChI=1S/C21H20N8S/c1-5-15(26-22-2)19-18-20(23-12-24-21(18)28-27-19)25-16-10-13(14-8-9-30-11-14)6-7-17(16)29(3)4/h1,6-12,22H,2-4H3,(H2,23,24,25,27,28)/b26-15+. The molecule has 30 heavy (non-hydrogen) atoms. The van der Waals surface area contributed by atoms with E-state index in [0.29, 0.717) is 28.3 Å². The fourth-order valence-corrected chi connectivity index (χ4v) is 3.82. The van der Waals surface area contributed by atoms with Crippen molar-refractivity contribution in [2.24, 2.45) is 5.10 Å². The number of hydrazone groups is 1. The first kappa shape index (κ1) is 19.4. The van der Waals surface area contributed by atoms with E-state index < -0.39 is 0 Å². The van der Waals surface area contributed by atoms with E-state index in [0.717, 1.165) is 16.9 Å². The number of aromatic nitrogens is 4. The molecular formula is C21H20N8S. The number of nitrogens with zero attached hydrogens (tertiary/aromatic N) is 5. The fraction of sp³-hybridized carbons (Fsp3) is 0.143. The molecule has 0 atom stereocenters. The molecule has 0 amide bonds. The van der Waals surface area contributed by atoms with Gasteiger partial charge < -0.3 is 15.6 Å². The minimum atomic E-state index is 0.387. The maximum atomic E-state index is 5.65. The average molecular weight is 417 g/mol. The third kappa shape index (κ3) is 3.56. The van der Waals surface area contributed by atoms with Crippen LogP contribution in [0.2, 0.25) is 0 Å². The minimum Gasteiger partial charge on any atom is -0.376 e. The van der Waals surface area contributed by atoms with Crippen molar-refractivity contribution < 1.29 is 0 Å². The van der Waals surface area contributed by atoms with Crippen LogP contribution in [-0.2, 0) is 0 Å². The number of hydrogen-bond donors (Lipinski definition) is 3. The monoisotopic (exact) mass is 416 g/mol. The van der Waals surface area contributed by atoms with Gasteiger partial charge >= 0.3 is 0 Å². The molecule has 0 spiro atoms. The average Bonchev–Trinajstić information content (AvgIpc) is 3.42. The van der Waals surface area contributed by atoms with Crippen LogP contribution in [0.5, 0.6) is 0 Å². The smallest absolute Gasteiger partial charge is 0.186 e. The lowest BCUT2D eigenvalue weighted by Crippen LogP contribution is -2.11. The van der Waals surface area contributed by atoms with Gasteiger partial charge in [-0.25, -0.2) is 9.97 Å². The highest BCUT2D eigenvalue weighted by atomic mass is 32.1. The van der Waals surface area contributed by atoms with Gasteiger partial charge in [0.15, 0.2) is 11.4 Å².